The van der Waals surface area contributed by atoms with Crippen LogP contribution in [0.2, 0.25) is 0 Å². The van der Waals surface area contributed by atoms with Crippen LogP contribution < -0.4 is 9.80 Å². The van der Waals surface area contributed by atoms with Gasteiger partial charge in [0.25, 0.3) is 0 Å². The first kappa shape index (κ1) is 37.8. The fourth-order valence-corrected chi connectivity index (χ4v) is 12.3. The summed E-state index contributed by atoms with van der Waals surface area (Å²) in [5.41, 5.74) is 13.1. The Hall–Kier alpha value is -7.56. The molecule has 2 fully saturated rings. The van der Waals surface area contributed by atoms with Gasteiger partial charge in [-0.05, 0) is 119 Å². The van der Waals surface area contributed by atoms with E-state index in [4.69, 9.17) is 8.83 Å². The van der Waals surface area contributed by atoms with Gasteiger partial charge in [0.2, 0.25) is 0 Å². The molecule has 66 heavy (non-hydrogen) atoms. The van der Waals surface area contributed by atoms with E-state index in [1.807, 2.05) is 0 Å². The number of hydrogen-bond donors (Lipinski definition) is 0. The fourth-order valence-electron chi connectivity index (χ4n) is 12.3. The monoisotopic (exact) mass is 852 g/mol. The molecule has 0 amide bonds. The van der Waals surface area contributed by atoms with Crippen LogP contribution in [0, 0.1) is 0 Å². The summed E-state index contributed by atoms with van der Waals surface area (Å²) < 4.78 is 14.3. The molecule has 2 heterocycles. The Morgan fingerprint density at radius 2 is 0.682 bits per heavy atom. The van der Waals surface area contributed by atoms with Gasteiger partial charge in [0, 0.05) is 43.7 Å². The van der Waals surface area contributed by atoms with Crippen LogP contribution in [0.4, 0.5) is 34.1 Å². The molecular formula is C62H48N2O2. The Balaban J connectivity index is 0.993. The lowest BCUT2D eigenvalue weighted by atomic mass is 9.91. The van der Waals surface area contributed by atoms with Crippen LogP contribution >= 0.6 is 0 Å². The van der Waals surface area contributed by atoms with Crippen LogP contribution in [-0.4, -0.2) is 0 Å². The van der Waals surface area contributed by atoms with Gasteiger partial charge < -0.3 is 18.6 Å². The highest BCUT2D eigenvalue weighted by Gasteiger charge is 2.28. The highest BCUT2D eigenvalue weighted by Crippen LogP contribution is 2.51. The molecule has 0 aliphatic heterocycles. The number of nitrogens with zero attached hydrogens (tertiary/aromatic N) is 2. The molecule has 2 saturated carbocycles. The summed E-state index contributed by atoms with van der Waals surface area (Å²) in [5.74, 6) is 1.09. The van der Waals surface area contributed by atoms with Crippen molar-refractivity contribution in [2.24, 2.45) is 0 Å². The van der Waals surface area contributed by atoms with Crippen molar-refractivity contribution in [3.8, 4) is 0 Å². The molecule has 2 aliphatic rings. The molecule has 318 valence electrons. The Labute approximate surface area is 383 Å². The first-order chi connectivity index (χ1) is 32.8. The summed E-state index contributed by atoms with van der Waals surface area (Å²) >= 11 is 0. The van der Waals surface area contributed by atoms with Crippen LogP contribution in [-0.2, 0) is 0 Å². The van der Waals surface area contributed by atoms with Crippen LogP contribution in [0.5, 0.6) is 0 Å². The van der Waals surface area contributed by atoms with Crippen molar-refractivity contribution in [3.05, 3.63) is 193 Å². The molecule has 0 unspecified atom stereocenters. The number of benzene rings is 10. The summed E-state index contributed by atoms with van der Waals surface area (Å²) in [6.45, 7) is 0. The number of rotatable bonds is 8. The van der Waals surface area contributed by atoms with Gasteiger partial charge in [-0.2, -0.15) is 0 Å². The summed E-state index contributed by atoms with van der Waals surface area (Å²) in [7, 11) is 0. The van der Waals surface area contributed by atoms with Crippen molar-refractivity contribution in [3.63, 3.8) is 0 Å². The van der Waals surface area contributed by atoms with Gasteiger partial charge in [0.1, 0.15) is 11.2 Å². The first-order valence-electron chi connectivity index (χ1n) is 24.1. The van der Waals surface area contributed by atoms with Crippen LogP contribution in [0.1, 0.15) is 74.3 Å². The lowest BCUT2D eigenvalue weighted by molar-refractivity contribution is 0.643. The molecule has 4 nitrogen and oxygen atoms in total. The van der Waals surface area contributed by atoms with E-state index in [1.165, 1.54) is 106 Å². The van der Waals surface area contributed by atoms with E-state index in [0.29, 0.717) is 11.8 Å². The quantitative estimate of drug-likeness (QED) is 0.143. The second-order valence-electron chi connectivity index (χ2n) is 18.9. The molecule has 2 aromatic heterocycles. The average molecular weight is 853 g/mol. The van der Waals surface area contributed by atoms with Crippen molar-refractivity contribution < 1.29 is 8.83 Å². The maximum absolute atomic E-state index is 7.13. The molecule has 0 spiro atoms. The zero-order valence-electron chi connectivity index (χ0n) is 36.8. The van der Waals surface area contributed by atoms with E-state index in [2.05, 4.69) is 192 Å². The topological polar surface area (TPSA) is 32.8 Å². The Morgan fingerprint density at radius 1 is 0.303 bits per heavy atom. The van der Waals surface area contributed by atoms with Crippen molar-refractivity contribution in [1.29, 1.82) is 0 Å². The molecule has 0 bridgehead atoms. The molecule has 10 aromatic carbocycles. The average Bonchev–Trinajstić information content (AvgIpc) is 4.23. The van der Waals surface area contributed by atoms with E-state index in [0.717, 1.165) is 67.2 Å². The minimum Gasteiger partial charge on any atom is -0.454 e. The van der Waals surface area contributed by atoms with Crippen LogP contribution in [0.15, 0.2) is 191 Å². The lowest BCUT2D eigenvalue weighted by Crippen LogP contribution is -2.11. The second kappa shape index (κ2) is 15.0. The third-order valence-electron chi connectivity index (χ3n) is 15.3. The SMILES string of the molecule is c1ccc(N(c2ccc3ccc4c(N(c5ccccc5)c5cccc6c5oc5c(C7CCCC7)cccc56)ccc5ccc2c3c54)c2cccc3c2oc2c(C4CCCC4)cccc23)cc1. The predicted molar refractivity (Wildman–Crippen MR) is 276 cm³/mol. The highest BCUT2D eigenvalue weighted by atomic mass is 16.3. The number of fused-ring (bicyclic) bond motifs is 6. The smallest absolute Gasteiger partial charge is 0.159 e. The maximum Gasteiger partial charge on any atom is 0.159 e. The van der Waals surface area contributed by atoms with Crippen LogP contribution in [0.25, 0.3) is 76.2 Å². The third kappa shape index (κ3) is 5.70. The first-order valence-corrected chi connectivity index (χ1v) is 24.1. The van der Waals surface area contributed by atoms with Gasteiger partial charge >= 0.3 is 0 Å². The number of furan rings is 2. The van der Waals surface area contributed by atoms with E-state index in [1.54, 1.807) is 0 Å². The van der Waals surface area contributed by atoms with E-state index >= 15 is 0 Å². The summed E-state index contributed by atoms with van der Waals surface area (Å²) in [4.78, 5) is 4.84. The summed E-state index contributed by atoms with van der Waals surface area (Å²) in [5, 5.41) is 12.0. The molecule has 0 saturated heterocycles. The molecule has 0 N–H and O–H groups in total. The number of hydrogen-bond acceptors (Lipinski definition) is 4. The fraction of sp³-hybridized carbons (Fsp3) is 0.161. The van der Waals surface area contributed by atoms with E-state index < -0.39 is 0 Å². The molecular weight excluding hydrogens is 805 g/mol. The summed E-state index contributed by atoms with van der Waals surface area (Å²) in [6, 6.07) is 67.0. The molecule has 14 rings (SSSR count). The van der Waals surface area contributed by atoms with Gasteiger partial charge in [-0.25, -0.2) is 0 Å². The maximum atomic E-state index is 7.13. The Bertz CT molecular complexity index is 3550. The van der Waals surface area contributed by atoms with Gasteiger partial charge in [-0.15, -0.1) is 0 Å². The zero-order valence-corrected chi connectivity index (χ0v) is 36.8. The highest BCUT2D eigenvalue weighted by molar-refractivity contribution is 6.28. The van der Waals surface area contributed by atoms with Gasteiger partial charge in [0.05, 0.1) is 22.7 Å². The number of anilines is 6. The Morgan fingerprint density at radius 3 is 1.11 bits per heavy atom. The summed E-state index contributed by atoms with van der Waals surface area (Å²) in [6.07, 6.45) is 10.0. The third-order valence-corrected chi connectivity index (χ3v) is 15.3. The van der Waals surface area contributed by atoms with Crippen molar-refractivity contribution >= 4 is 110 Å². The Kier molecular flexibility index (Phi) is 8.59. The molecule has 4 heteroatoms. The standard InChI is InChI=1S/C62H48N2O2/c1-3-19-43(20-4-1)63(55-29-13-27-49-47-25-11-23-45(39-15-7-8-16-39)59(47)65-61(49)55)53-37-33-41-32-36-52-54(38-34-42-31-35-51(53)57(41)58(42)52)64(44-21-5-2-6-22-44)56-30-14-28-50-48-26-12-24-46(40-17-9-10-18-40)60(48)66-62(50)56/h1-6,11-14,19-40H,7-10,15-18H2. The second-order valence-corrected chi connectivity index (χ2v) is 18.9. The van der Waals surface area contributed by atoms with E-state index in [9.17, 15) is 0 Å². The van der Waals surface area contributed by atoms with Gasteiger partial charge in [-0.1, -0.05) is 159 Å². The van der Waals surface area contributed by atoms with Gasteiger partial charge in [0.15, 0.2) is 11.2 Å². The van der Waals surface area contributed by atoms with Crippen molar-refractivity contribution in [1.82, 2.24) is 0 Å². The zero-order chi connectivity index (χ0) is 43.3. The molecule has 12 aromatic rings. The molecule has 0 atom stereocenters. The minimum atomic E-state index is 0.546. The normalized spacial score (nSPS) is 15.0. The van der Waals surface area contributed by atoms with Crippen molar-refractivity contribution in [2.75, 3.05) is 9.80 Å². The molecule has 2 aliphatic carbocycles. The minimum absolute atomic E-state index is 0.546. The van der Waals surface area contributed by atoms with E-state index in [-0.39, 0.29) is 0 Å². The van der Waals surface area contributed by atoms with Gasteiger partial charge in [-0.3, -0.25) is 0 Å². The number of para-hydroxylation sites is 6. The largest absolute Gasteiger partial charge is 0.454 e. The van der Waals surface area contributed by atoms with Crippen LogP contribution in [0.3, 0.4) is 0 Å². The van der Waals surface area contributed by atoms with Crippen molar-refractivity contribution in [2.45, 2.75) is 63.2 Å². The predicted octanol–water partition coefficient (Wildman–Crippen LogP) is 18.6. The lowest BCUT2D eigenvalue weighted by Gasteiger charge is -2.29. The molecule has 0 radical (unpaired) electrons.